The van der Waals surface area contributed by atoms with Gasteiger partial charge < -0.3 is 16.4 Å². The molecule has 3 rings (SSSR count). The zero-order valence-electron chi connectivity index (χ0n) is 15.8. The average Bonchev–Trinajstić information content (AvgIpc) is 3.07. The molecular weight excluding hydrogens is 342 g/mol. The highest BCUT2D eigenvalue weighted by molar-refractivity contribution is 5.98. The minimum Gasteiger partial charge on any atom is -0.365 e. The largest absolute Gasteiger partial charge is 0.365 e. The second-order valence-electron chi connectivity index (χ2n) is 6.64. The Bertz CT molecular complexity index is 958. The van der Waals surface area contributed by atoms with E-state index in [0.29, 0.717) is 11.8 Å². The van der Waals surface area contributed by atoms with Crippen molar-refractivity contribution >= 4 is 29.0 Å². The van der Waals surface area contributed by atoms with Gasteiger partial charge in [-0.05, 0) is 38.8 Å². The molecule has 0 unspecified atom stereocenters. The number of benzene rings is 1. The van der Waals surface area contributed by atoms with Gasteiger partial charge in [0.15, 0.2) is 0 Å². The summed E-state index contributed by atoms with van der Waals surface area (Å²) in [7, 11) is 0. The lowest BCUT2D eigenvalue weighted by Gasteiger charge is -2.14. The summed E-state index contributed by atoms with van der Waals surface area (Å²) in [4.78, 5) is 20.4. The topological polar surface area (TPSA) is 111 Å². The molecule has 8 heteroatoms. The molecule has 2 aromatic heterocycles. The van der Waals surface area contributed by atoms with Crippen molar-refractivity contribution in [2.24, 2.45) is 5.73 Å². The van der Waals surface area contributed by atoms with E-state index in [4.69, 9.17) is 5.73 Å². The SMILES string of the molecule is Cc1cccc(C)c1Nc1nc(Nc2cnn(C(C)C)c2)ncc1C(N)=O. The number of para-hydroxylation sites is 1. The molecule has 140 valence electrons. The van der Waals surface area contributed by atoms with E-state index in [1.807, 2.05) is 56.8 Å². The average molecular weight is 365 g/mol. The van der Waals surface area contributed by atoms with Gasteiger partial charge in [0.25, 0.3) is 5.91 Å². The van der Waals surface area contributed by atoms with Crippen LogP contribution in [0.25, 0.3) is 0 Å². The first kappa shape index (κ1) is 18.4. The van der Waals surface area contributed by atoms with Gasteiger partial charge >= 0.3 is 0 Å². The molecule has 0 aliphatic carbocycles. The monoisotopic (exact) mass is 365 g/mol. The van der Waals surface area contributed by atoms with E-state index in [0.717, 1.165) is 22.5 Å². The number of nitrogens with one attached hydrogen (secondary N) is 2. The third-order valence-electron chi connectivity index (χ3n) is 4.17. The normalized spacial score (nSPS) is 10.9. The number of nitrogens with zero attached hydrogens (tertiary/aromatic N) is 4. The fraction of sp³-hybridized carbons (Fsp3) is 0.263. The zero-order chi connectivity index (χ0) is 19.6. The number of carbonyl (C=O) groups is 1. The molecule has 8 nitrogen and oxygen atoms in total. The predicted molar refractivity (Wildman–Crippen MR) is 106 cm³/mol. The quantitative estimate of drug-likeness (QED) is 0.617. The lowest BCUT2D eigenvalue weighted by molar-refractivity contribution is 0.100. The van der Waals surface area contributed by atoms with Crippen LogP contribution in [0.3, 0.4) is 0 Å². The predicted octanol–water partition coefficient (Wildman–Crippen LogP) is 3.46. The molecule has 2 heterocycles. The second-order valence-corrected chi connectivity index (χ2v) is 6.64. The number of nitrogens with two attached hydrogens (primary N) is 1. The van der Waals surface area contributed by atoms with Crippen molar-refractivity contribution in [2.45, 2.75) is 33.7 Å². The van der Waals surface area contributed by atoms with Crippen molar-refractivity contribution in [1.82, 2.24) is 19.7 Å². The Morgan fingerprint density at radius 1 is 1.15 bits per heavy atom. The van der Waals surface area contributed by atoms with E-state index >= 15 is 0 Å². The number of hydrogen-bond donors (Lipinski definition) is 3. The summed E-state index contributed by atoms with van der Waals surface area (Å²) < 4.78 is 1.83. The van der Waals surface area contributed by atoms with Crippen LogP contribution in [0.5, 0.6) is 0 Å². The van der Waals surface area contributed by atoms with Crippen molar-refractivity contribution in [2.75, 3.05) is 10.6 Å². The second kappa shape index (κ2) is 7.45. The van der Waals surface area contributed by atoms with E-state index in [2.05, 4.69) is 25.7 Å². The summed E-state index contributed by atoms with van der Waals surface area (Å²) in [5, 5.41) is 10.6. The smallest absolute Gasteiger partial charge is 0.254 e. The number of hydrogen-bond acceptors (Lipinski definition) is 6. The van der Waals surface area contributed by atoms with Gasteiger partial charge in [-0.3, -0.25) is 9.48 Å². The summed E-state index contributed by atoms with van der Waals surface area (Å²) in [6, 6.07) is 6.20. The third-order valence-corrected chi connectivity index (χ3v) is 4.17. The van der Waals surface area contributed by atoms with Crippen LogP contribution in [-0.4, -0.2) is 25.7 Å². The maximum Gasteiger partial charge on any atom is 0.254 e. The first-order chi connectivity index (χ1) is 12.8. The van der Waals surface area contributed by atoms with Gasteiger partial charge in [-0.25, -0.2) is 4.98 Å². The number of aryl methyl sites for hydroxylation is 2. The summed E-state index contributed by atoms with van der Waals surface area (Å²) in [5.74, 6) is 0.105. The fourth-order valence-electron chi connectivity index (χ4n) is 2.66. The molecular formula is C19H23N7O. The summed E-state index contributed by atoms with van der Waals surface area (Å²) in [5.41, 5.74) is 9.44. The summed E-state index contributed by atoms with van der Waals surface area (Å²) in [6.45, 7) is 8.06. The molecule has 1 aromatic carbocycles. The van der Waals surface area contributed by atoms with Crippen molar-refractivity contribution < 1.29 is 4.79 Å². The Kier molecular flexibility index (Phi) is 5.07. The number of anilines is 4. The fourth-order valence-corrected chi connectivity index (χ4v) is 2.66. The number of rotatable bonds is 6. The van der Waals surface area contributed by atoms with Crippen LogP contribution < -0.4 is 16.4 Å². The minimum absolute atomic E-state index is 0.223. The van der Waals surface area contributed by atoms with E-state index < -0.39 is 5.91 Å². The molecule has 3 aromatic rings. The van der Waals surface area contributed by atoms with E-state index in [9.17, 15) is 4.79 Å². The van der Waals surface area contributed by atoms with Crippen LogP contribution in [-0.2, 0) is 0 Å². The van der Waals surface area contributed by atoms with Crippen LogP contribution in [0.4, 0.5) is 23.1 Å². The van der Waals surface area contributed by atoms with Crippen LogP contribution in [0.15, 0.2) is 36.8 Å². The lowest BCUT2D eigenvalue weighted by atomic mass is 10.1. The van der Waals surface area contributed by atoms with E-state index in [-0.39, 0.29) is 11.6 Å². The van der Waals surface area contributed by atoms with E-state index in [1.165, 1.54) is 6.20 Å². The van der Waals surface area contributed by atoms with Gasteiger partial charge in [0, 0.05) is 24.1 Å². The maximum absolute atomic E-state index is 11.8. The maximum atomic E-state index is 11.8. The highest BCUT2D eigenvalue weighted by Crippen LogP contribution is 2.26. The van der Waals surface area contributed by atoms with Gasteiger partial charge in [0.05, 0.1) is 11.9 Å². The number of amides is 1. The molecule has 0 fully saturated rings. The molecule has 27 heavy (non-hydrogen) atoms. The first-order valence-electron chi connectivity index (χ1n) is 8.66. The Morgan fingerprint density at radius 3 is 2.44 bits per heavy atom. The van der Waals surface area contributed by atoms with Crippen molar-refractivity contribution in [3.05, 3.63) is 53.5 Å². The van der Waals surface area contributed by atoms with Gasteiger partial charge in [0.2, 0.25) is 5.95 Å². The first-order valence-corrected chi connectivity index (χ1v) is 8.66. The van der Waals surface area contributed by atoms with Crippen LogP contribution >= 0.6 is 0 Å². The molecule has 0 aliphatic heterocycles. The van der Waals surface area contributed by atoms with Crippen LogP contribution in [0.2, 0.25) is 0 Å². The summed E-state index contributed by atoms with van der Waals surface area (Å²) in [6.07, 6.45) is 4.99. The zero-order valence-corrected chi connectivity index (χ0v) is 15.8. The Morgan fingerprint density at radius 2 is 1.85 bits per heavy atom. The van der Waals surface area contributed by atoms with Gasteiger partial charge in [-0.2, -0.15) is 10.1 Å². The highest BCUT2D eigenvalue weighted by Gasteiger charge is 2.15. The van der Waals surface area contributed by atoms with Gasteiger partial charge in [-0.1, -0.05) is 18.2 Å². The molecule has 1 amide bonds. The Hall–Kier alpha value is -3.42. The van der Waals surface area contributed by atoms with Crippen LogP contribution in [0.1, 0.15) is 41.4 Å². The molecule has 0 atom stereocenters. The summed E-state index contributed by atoms with van der Waals surface area (Å²) >= 11 is 0. The molecule has 0 spiro atoms. The Labute approximate surface area is 157 Å². The van der Waals surface area contributed by atoms with E-state index in [1.54, 1.807) is 6.20 Å². The molecule has 4 N–H and O–H groups in total. The molecule has 0 bridgehead atoms. The van der Waals surface area contributed by atoms with Crippen molar-refractivity contribution in [3.63, 3.8) is 0 Å². The van der Waals surface area contributed by atoms with Gasteiger partial charge in [0.1, 0.15) is 11.4 Å². The molecule has 0 radical (unpaired) electrons. The van der Waals surface area contributed by atoms with Crippen LogP contribution in [0, 0.1) is 13.8 Å². The molecule has 0 saturated carbocycles. The molecule has 0 aliphatic rings. The molecule has 0 saturated heterocycles. The highest BCUT2D eigenvalue weighted by atomic mass is 16.1. The van der Waals surface area contributed by atoms with Crippen molar-refractivity contribution in [1.29, 1.82) is 0 Å². The standard InChI is InChI=1S/C19H23N7O/c1-11(2)26-10-14(8-22-26)23-19-21-9-15(17(20)27)18(25-19)24-16-12(3)6-5-7-13(16)4/h5-11H,1-4H3,(H2,20,27)(H2,21,23,24,25). The van der Waals surface area contributed by atoms with Gasteiger partial charge in [-0.15, -0.1) is 0 Å². The minimum atomic E-state index is -0.595. The number of aromatic nitrogens is 4. The lowest BCUT2D eigenvalue weighted by Crippen LogP contribution is -2.16. The number of carbonyl (C=O) groups excluding carboxylic acids is 1. The van der Waals surface area contributed by atoms with Crippen molar-refractivity contribution in [3.8, 4) is 0 Å². The Balaban J connectivity index is 1.94. The number of primary amides is 1. The third kappa shape index (κ3) is 4.05.